The van der Waals surface area contributed by atoms with Crippen LogP contribution in [0.5, 0.6) is 0 Å². The zero-order chi connectivity index (χ0) is 17.9. The van der Waals surface area contributed by atoms with E-state index in [0.717, 1.165) is 37.3 Å². The molecule has 4 rings (SSSR count). The Hall–Kier alpha value is -2.80. The maximum Gasteiger partial charge on any atom is 0.266 e. The van der Waals surface area contributed by atoms with E-state index in [-0.39, 0.29) is 5.56 Å². The summed E-state index contributed by atoms with van der Waals surface area (Å²) in [5.74, 6) is 0.468. The van der Waals surface area contributed by atoms with Crippen LogP contribution < -0.4 is 5.56 Å². The normalized spacial score (nSPS) is 15.1. The summed E-state index contributed by atoms with van der Waals surface area (Å²) in [5, 5.41) is 4.52. The van der Waals surface area contributed by atoms with E-state index in [1.807, 2.05) is 31.7 Å². The smallest absolute Gasteiger partial charge is 0.266 e. The Morgan fingerprint density at radius 2 is 2.04 bits per heavy atom. The molecule has 134 valence electrons. The van der Waals surface area contributed by atoms with Crippen molar-refractivity contribution in [1.29, 1.82) is 0 Å². The highest BCUT2D eigenvalue weighted by Crippen LogP contribution is 2.18. The highest BCUT2D eigenvalue weighted by atomic mass is 16.1. The van der Waals surface area contributed by atoms with Crippen molar-refractivity contribution < 1.29 is 0 Å². The maximum atomic E-state index is 12.1. The van der Waals surface area contributed by atoms with Crippen LogP contribution in [0.25, 0.3) is 11.3 Å². The van der Waals surface area contributed by atoms with Crippen molar-refractivity contribution in [3.63, 3.8) is 0 Å². The highest BCUT2D eigenvalue weighted by Gasteiger charge is 2.27. The number of hydrogen-bond acceptors (Lipinski definition) is 5. The molecule has 0 spiro atoms. The fraction of sp³-hybridized carbons (Fsp3) is 0.368. The summed E-state index contributed by atoms with van der Waals surface area (Å²) in [7, 11) is 2.02. The molecular formula is C19H22N6O. The molecular weight excluding hydrogens is 328 g/mol. The van der Waals surface area contributed by atoms with Crippen molar-refractivity contribution in [3.8, 4) is 11.3 Å². The van der Waals surface area contributed by atoms with Crippen LogP contribution in [0.1, 0.15) is 5.69 Å². The van der Waals surface area contributed by atoms with Gasteiger partial charge in [-0.05, 0) is 18.2 Å². The van der Waals surface area contributed by atoms with Crippen LogP contribution in [0.15, 0.2) is 54.0 Å². The molecule has 3 aromatic heterocycles. The summed E-state index contributed by atoms with van der Waals surface area (Å²) in [6.07, 6.45) is 8.25. The predicted molar refractivity (Wildman–Crippen MR) is 98.6 cm³/mol. The summed E-state index contributed by atoms with van der Waals surface area (Å²) >= 11 is 0. The van der Waals surface area contributed by atoms with E-state index in [2.05, 4.69) is 24.5 Å². The van der Waals surface area contributed by atoms with Gasteiger partial charge < -0.3 is 9.47 Å². The monoisotopic (exact) mass is 350 g/mol. The first-order chi connectivity index (χ1) is 12.7. The van der Waals surface area contributed by atoms with Gasteiger partial charge in [0.05, 0.1) is 18.6 Å². The van der Waals surface area contributed by atoms with Gasteiger partial charge in [-0.15, -0.1) is 0 Å². The van der Waals surface area contributed by atoms with Crippen LogP contribution in [-0.4, -0.2) is 48.8 Å². The average Bonchev–Trinajstić information content (AvgIpc) is 3.04. The molecule has 1 fully saturated rings. The van der Waals surface area contributed by atoms with Crippen LogP contribution in [0.2, 0.25) is 0 Å². The lowest BCUT2D eigenvalue weighted by molar-refractivity contribution is 0.0852. The van der Waals surface area contributed by atoms with Gasteiger partial charge in [-0.25, -0.2) is 9.67 Å². The number of imidazole rings is 1. The lowest BCUT2D eigenvalue weighted by atomic mass is 10.00. The second-order valence-corrected chi connectivity index (χ2v) is 6.85. The average molecular weight is 350 g/mol. The lowest BCUT2D eigenvalue weighted by Crippen LogP contribution is -2.50. The number of pyridine rings is 1. The van der Waals surface area contributed by atoms with Crippen LogP contribution in [-0.2, 0) is 20.0 Å². The largest absolute Gasteiger partial charge is 0.338 e. The van der Waals surface area contributed by atoms with E-state index < -0.39 is 0 Å². The van der Waals surface area contributed by atoms with Crippen molar-refractivity contribution in [2.45, 2.75) is 13.0 Å². The van der Waals surface area contributed by atoms with Crippen molar-refractivity contribution in [2.24, 2.45) is 13.0 Å². The number of aromatic nitrogens is 5. The third-order valence-corrected chi connectivity index (χ3v) is 4.89. The van der Waals surface area contributed by atoms with Crippen LogP contribution in [0.3, 0.4) is 0 Å². The molecule has 1 saturated heterocycles. The number of likely N-dealkylation sites (tertiary alicyclic amines) is 1. The zero-order valence-corrected chi connectivity index (χ0v) is 14.8. The first kappa shape index (κ1) is 16.7. The number of hydrogen-bond donors (Lipinski definition) is 0. The Labute approximate surface area is 151 Å². The Bertz CT molecular complexity index is 926. The van der Waals surface area contributed by atoms with Crippen molar-refractivity contribution in [1.82, 2.24) is 29.2 Å². The fourth-order valence-corrected chi connectivity index (χ4v) is 3.37. The van der Waals surface area contributed by atoms with Gasteiger partial charge in [0.25, 0.3) is 5.56 Å². The molecule has 4 heterocycles. The van der Waals surface area contributed by atoms with E-state index in [1.54, 1.807) is 29.2 Å². The topological polar surface area (TPSA) is 68.8 Å². The summed E-state index contributed by atoms with van der Waals surface area (Å²) < 4.78 is 3.65. The van der Waals surface area contributed by atoms with Gasteiger partial charge in [-0.2, -0.15) is 5.10 Å². The molecule has 1 aliphatic rings. The minimum atomic E-state index is -0.0500. The SMILES string of the molecule is Cn1cncc1CCN1CC(Cn2nc(-c3cccnc3)ccc2=O)C1. The third-order valence-electron chi connectivity index (χ3n) is 4.89. The third kappa shape index (κ3) is 3.57. The molecule has 7 heteroatoms. The van der Waals surface area contributed by atoms with E-state index in [1.165, 1.54) is 5.69 Å². The van der Waals surface area contributed by atoms with Gasteiger partial charge in [-0.1, -0.05) is 0 Å². The second kappa shape index (κ2) is 7.21. The Morgan fingerprint density at radius 3 is 2.77 bits per heavy atom. The molecule has 26 heavy (non-hydrogen) atoms. The molecule has 3 aromatic rings. The molecule has 0 amide bonds. The predicted octanol–water partition coefficient (Wildman–Crippen LogP) is 1.21. The minimum absolute atomic E-state index is 0.0500. The highest BCUT2D eigenvalue weighted by molar-refractivity contribution is 5.56. The van der Waals surface area contributed by atoms with Crippen molar-refractivity contribution in [2.75, 3.05) is 19.6 Å². The van der Waals surface area contributed by atoms with E-state index in [0.29, 0.717) is 12.5 Å². The van der Waals surface area contributed by atoms with E-state index in [9.17, 15) is 4.79 Å². The van der Waals surface area contributed by atoms with Gasteiger partial charge in [0.2, 0.25) is 0 Å². The molecule has 0 atom stereocenters. The van der Waals surface area contributed by atoms with Gasteiger partial charge in [0.15, 0.2) is 0 Å². The first-order valence-electron chi connectivity index (χ1n) is 8.85. The summed E-state index contributed by atoms with van der Waals surface area (Å²) in [6.45, 7) is 3.69. The van der Waals surface area contributed by atoms with Crippen LogP contribution in [0, 0.1) is 5.92 Å². The number of aryl methyl sites for hydroxylation is 1. The van der Waals surface area contributed by atoms with Gasteiger partial charge >= 0.3 is 0 Å². The quantitative estimate of drug-likeness (QED) is 0.668. The van der Waals surface area contributed by atoms with Gasteiger partial charge in [0, 0.05) is 74.9 Å². The Kier molecular flexibility index (Phi) is 4.62. The molecule has 0 unspecified atom stereocenters. The van der Waals surface area contributed by atoms with Crippen molar-refractivity contribution in [3.05, 3.63) is 65.2 Å². The molecule has 1 aliphatic heterocycles. The molecule has 0 aromatic carbocycles. The van der Waals surface area contributed by atoms with Crippen LogP contribution in [0.4, 0.5) is 0 Å². The molecule has 0 saturated carbocycles. The summed E-state index contributed by atoms with van der Waals surface area (Å²) in [6, 6.07) is 7.18. The van der Waals surface area contributed by atoms with Gasteiger partial charge in [0.1, 0.15) is 0 Å². The molecule has 0 radical (unpaired) electrons. The standard InChI is InChI=1S/C19H22N6O/c1-23-14-21-10-17(23)6-8-24-11-15(12-24)13-25-19(26)5-4-18(22-25)16-3-2-7-20-9-16/h2-5,7,9-10,14-15H,6,8,11-13H2,1H3. The zero-order valence-electron chi connectivity index (χ0n) is 14.8. The first-order valence-corrected chi connectivity index (χ1v) is 8.85. The molecule has 7 nitrogen and oxygen atoms in total. The maximum absolute atomic E-state index is 12.1. The molecule has 0 N–H and O–H groups in total. The summed E-state index contributed by atoms with van der Waals surface area (Å²) in [4.78, 5) is 22.8. The number of rotatable bonds is 6. The second-order valence-electron chi connectivity index (χ2n) is 6.85. The minimum Gasteiger partial charge on any atom is -0.338 e. The van der Waals surface area contributed by atoms with Gasteiger partial charge in [-0.3, -0.25) is 9.78 Å². The Morgan fingerprint density at radius 1 is 1.15 bits per heavy atom. The van der Waals surface area contributed by atoms with E-state index in [4.69, 9.17) is 0 Å². The number of nitrogens with zero attached hydrogens (tertiary/aromatic N) is 6. The lowest BCUT2D eigenvalue weighted by Gasteiger charge is -2.39. The Balaban J connectivity index is 1.34. The van der Waals surface area contributed by atoms with E-state index >= 15 is 0 Å². The van der Waals surface area contributed by atoms with Crippen LogP contribution >= 0.6 is 0 Å². The molecule has 0 aliphatic carbocycles. The van der Waals surface area contributed by atoms with Crippen molar-refractivity contribution >= 4 is 0 Å². The fourth-order valence-electron chi connectivity index (χ4n) is 3.37. The summed E-state index contributed by atoms with van der Waals surface area (Å²) in [5.41, 5.74) is 2.90. The molecule has 0 bridgehead atoms.